The number of carbonyl (C=O) groups excluding carboxylic acids is 2. The van der Waals surface area contributed by atoms with Gasteiger partial charge in [0.1, 0.15) is 6.61 Å². The number of ether oxygens (including phenoxy) is 2. The van der Waals surface area contributed by atoms with Gasteiger partial charge in [-0.3, -0.25) is 9.59 Å². The van der Waals surface area contributed by atoms with E-state index in [0.29, 0.717) is 19.4 Å². The van der Waals surface area contributed by atoms with Crippen LogP contribution >= 0.6 is 0 Å². The van der Waals surface area contributed by atoms with E-state index < -0.39 is 6.10 Å². The van der Waals surface area contributed by atoms with Gasteiger partial charge < -0.3 is 14.8 Å². The minimum Gasteiger partial charge on any atom is -0.462 e. The standard InChI is InChI=1S/C21H33NO4/c1-3-5-8-14-20(23)25-17-19(26-21(24)15-9-6-4-2)16-22-18-12-10-7-11-13-18/h7,10-13,19,22H,3-6,8-9,14-17H2,1-2H3. The van der Waals surface area contributed by atoms with Gasteiger partial charge in [-0.15, -0.1) is 0 Å². The third kappa shape index (κ3) is 10.7. The molecule has 1 N–H and O–H groups in total. The second-order valence-electron chi connectivity index (χ2n) is 6.46. The molecular weight excluding hydrogens is 330 g/mol. The van der Waals surface area contributed by atoms with E-state index in [0.717, 1.165) is 44.2 Å². The van der Waals surface area contributed by atoms with Crippen LogP contribution in [-0.2, 0) is 19.1 Å². The number of carbonyl (C=O) groups is 2. The van der Waals surface area contributed by atoms with Gasteiger partial charge in [-0.2, -0.15) is 0 Å². The summed E-state index contributed by atoms with van der Waals surface area (Å²) in [7, 11) is 0. The summed E-state index contributed by atoms with van der Waals surface area (Å²) in [6.07, 6.45) is 6.13. The Morgan fingerprint density at radius 1 is 0.923 bits per heavy atom. The Kier molecular flexibility index (Phi) is 12.0. The van der Waals surface area contributed by atoms with Crippen molar-refractivity contribution in [1.82, 2.24) is 0 Å². The molecular formula is C21H33NO4. The first-order valence-electron chi connectivity index (χ1n) is 9.79. The molecule has 1 unspecified atom stereocenters. The first kappa shape index (κ1) is 22.0. The van der Waals surface area contributed by atoms with Crippen molar-refractivity contribution in [1.29, 1.82) is 0 Å². The third-order valence-electron chi connectivity index (χ3n) is 4.00. The zero-order valence-electron chi connectivity index (χ0n) is 16.2. The maximum Gasteiger partial charge on any atom is 0.306 e. The van der Waals surface area contributed by atoms with Crippen LogP contribution in [0.2, 0.25) is 0 Å². The molecule has 0 heterocycles. The molecule has 0 saturated heterocycles. The lowest BCUT2D eigenvalue weighted by Gasteiger charge is -2.19. The maximum absolute atomic E-state index is 12.0. The topological polar surface area (TPSA) is 64.6 Å². The second kappa shape index (κ2) is 14.2. The molecule has 0 saturated carbocycles. The van der Waals surface area contributed by atoms with Crippen LogP contribution in [0.4, 0.5) is 5.69 Å². The van der Waals surface area contributed by atoms with Crippen LogP contribution in [0.25, 0.3) is 0 Å². The van der Waals surface area contributed by atoms with Crippen molar-refractivity contribution in [2.45, 2.75) is 71.3 Å². The molecule has 0 aromatic heterocycles. The summed E-state index contributed by atoms with van der Waals surface area (Å²) in [5.41, 5.74) is 0.939. The summed E-state index contributed by atoms with van der Waals surface area (Å²) < 4.78 is 10.8. The summed E-state index contributed by atoms with van der Waals surface area (Å²) in [4.78, 5) is 23.8. The lowest BCUT2D eigenvalue weighted by atomic mass is 10.2. The van der Waals surface area contributed by atoms with Gasteiger partial charge >= 0.3 is 11.9 Å². The van der Waals surface area contributed by atoms with Crippen LogP contribution in [0.3, 0.4) is 0 Å². The predicted molar refractivity (Wildman–Crippen MR) is 104 cm³/mol. The minimum atomic E-state index is -0.487. The Morgan fingerprint density at radius 3 is 2.15 bits per heavy atom. The van der Waals surface area contributed by atoms with Gasteiger partial charge in [-0.25, -0.2) is 0 Å². The van der Waals surface area contributed by atoms with Gasteiger partial charge in [0.05, 0.1) is 6.54 Å². The van der Waals surface area contributed by atoms with Gasteiger partial charge in [-0.1, -0.05) is 57.7 Å². The third-order valence-corrected chi connectivity index (χ3v) is 4.00. The zero-order chi connectivity index (χ0) is 19.0. The predicted octanol–water partition coefficient (Wildman–Crippen LogP) is 4.71. The van der Waals surface area contributed by atoms with E-state index in [1.54, 1.807) is 0 Å². The van der Waals surface area contributed by atoms with Crippen LogP contribution < -0.4 is 5.32 Å². The van der Waals surface area contributed by atoms with E-state index in [1.165, 1.54) is 0 Å². The number of benzene rings is 1. The quantitative estimate of drug-likeness (QED) is 0.383. The Balaban J connectivity index is 2.45. The summed E-state index contributed by atoms with van der Waals surface area (Å²) in [5.74, 6) is -0.467. The second-order valence-corrected chi connectivity index (χ2v) is 6.46. The fraction of sp³-hybridized carbons (Fsp3) is 0.619. The molecule has 5 nitrogen and oxygen atoms in total. The fourth-order valence-electron chi connectivity index (χ4n) is 2.46. The number of para-hydroxylation sites is 1. The van der Waals surface area contributed by atoms with Crippen LogP contribution in [0.15, 0.2) is 30.3 Å². The average molecular weight is 363 g/mol. The van der Waals surface area contributed by atoms with Crippen molar-refractivity contribution in [2.75, 3.05) is 18.5 Å². The molecule has 0 spiro atoms. The van der Waals surface area contributed by atoms with Crippen LogP contribution in [-0.4, -0.2) is 31.2 Å². The highest BCUT2D eigenvalue weighted by Gasteiger charge is 2.17. The number of anilines is 1. The Labute approximate surface area is 157 Å². The normalized spacial score (nSPS) is 11.6. The number of rotatable bonds is 14. The highest BCUT2D eigenvalue weighted by atomic mass is 16.6. The molecule has 0 radical (unpaired) electrons. The zero-order valence-corrected chi connectivity index (χ0v) is 16.2. The van der Waals surface area contributed by atoms with E-state index in [2.05, 4.69) is 19.2 Å². The molecule has 0 fully saturated rings. The highest BCUT2D eigenvalue weighted by molar-refractivity contribution is 5.70. The Hall–Kier alpha value is -2.04. The number of nitrogens with one attached hydrogen (secondary N) is 1. The minimum absolute atomic E-state index is 0.0876. The number of hydrogen-bond donors (Lipinski definition) is 1. The number of hydrogen-bond acceptors (Lipinski definition) is 5. The molecule has 146 valence electrons. The molecule has 1 rings (SSSR count). The smallest absolute Gasteiger partial charge is 0.306 e. The summed E-state index contributed by atoms with van der Waals surface area (Å²) in [6, 6.07) is 9.69. The maximum atomic E-state index is 12.0. The van der Waals surface area contributed by atoms with Gasteiger partial charge in [0.15, 0.2) is 6.10 Å². The fourth-order valence-corrected chi connectivity index (χ4v) is 2.46. The van der Waals surface area contributed by atoms with Gasteiger partial charge in [0.25, 0.3) is 0 Å². The van der Waals surface area contributed by atoms with Crippen molar-refractivity contribution < 1.29 is 19.1 Å². The molecule has 0 bridgehead atoms. The van der Waals surface area contributed by atoms with Crippen LogP contribution in [0.5, 0.6) is 0 Å². The van der Waals surface area contributed by atoms with Gasteiger partial charge in [-0.05, 0) is 25.0 Å². The van der Waals surface area contributed by atoms with Gasteiger partial charge in [0, 0.05) is 18.5 Å². The molecule has 5 heteroatoms. The van der Waals surface area contributed by atoms with Crippen LogP contribution in [0.1, 0.15) is 65.2 Å². The van der Waals surface area contributed by atoms with E-state index >= 15 is 0 Å². The summed E-state index contributed by atoms with van der Waals surface area (Å²) in [5, 5.41) is 3.22. The Bertz CT molecular complexity index is 504. The first-order valence-corrected chi connectivity index (χ1v) is 9.79. The molecule has 0 aliphatic heterocycles. The van der Waals surface area contributed by atoms with E-state index in [4.69, 9.17) is 9.47 Å². The van der Waals surface area contributed by atoms with E-state index in [-0.39, 0.29) is 18.5 Å². The Morgan fingerprint density at radius 2 is 1.54 bits per heavy atom. The molecule has 26 heavy (non-hydrogen) atoms. The highest BCUT2D eigenvalue weighted by Crippen LogP contribution is 2.09. The van der Waals surface area contributed by atoms with Crippen molar-refractivity contribution in [3.05, 3.63) is 30.3 Å². The van der Waals surface area contributed by atoms with Gasteiger partial charge in [0.2, 0.25) is 0 Å². The molecule has 0 aliphatic rings. The molecule has 0 amide bonds. The SMILES string of the molecule is CCCCCC(=O)OCC(CNc1ccccc1)OC(=O)CCCCC. The number of unbranched alkanes of at least 4 members (excludes halogenated alkanes) is 4. The summed E-state index contributed by atoms with van der Waals surface area (Å²) >= 11 is 0. The average Bonchev–Trinajstić information content (AvgIpc) is 2.65. The molecule has 0 aliphatic carbocycles. The molecule has 1 aromatic rings. The monoisotopic (exact) mass is 363 g/mol. The number of esters is 2. The van der Waals surface area contributed by atoms with Crippen molar-refractivity contribution in [3.8, 4) is 0 Å². The van der Waals surface area contributed by atoms with Crippen molar-refractivity contribution in [2.24, 2.45) is 0 Å². The lowest BCUT2D eigenvalue weighted by Crippen LogP contribution is -2.31. The van der Waals surface area contributed by atoms with E-state index in [1.807, 2.05) is 30.3 Å². The van der Waals surface area contributed by atoms with Crippen molar-refractivity contribution in [3.63, 3.8) is 0 Å². The molecule has 1 atom stereocenters. The van der Waals surface area contributed by atoms with Crippen LogP contribution in [0, 0.1) is 0 Å². The molecule has 1 aromatic carbocycles. The summed E-state index contributed by atoms with van der Waals surface area (Å²) in [6.45, 7) is 4.68. The lowest BCUT2D eigenvalue weighted by molar-refractivity contribution is -0.158. The first-order chi connectivity index (χ1) is 12.7. The van der Waals surface area contributed by atoms with E-state index in [9.17, 15) is 9.59 Å². The largest absolute Gasteiger partial charge is 0.462 e. The van der Waals surface area contributed by atoms with Crippen molar-refractivity contribution >= 4 is 17.6 Å².